The summed E-state index contributed by atoms with van der Waals surface area (Å²) >= 11 is 0. The van der Waals surface area contributed by atoms with Crippen molar-refractivity contribution in [2.24, 2.45) is 0 Å². The van der Waals surface area contributed by atoms with Crippen LogP contribution in [0.4, 0.5) is 14.4 Å². The van der Waals surface area contributed by atoms with Gasteiger partial charge in [0.2, 0.25) is 0 Å². The molecule has 1 aliphatic heterocycles. The Morgan fingerprint density at radius 2 is 1.70 bits per heavy atom. The predicted octanol–water partition coefficient (Wildman–Crippen LogP) is 1.35. The first kappa shape index (κ1) is 18.8. The Kier molecular flexibility index (Phi) is 5.98. The molecule has 132 valence electrons. The molecule has 1 heterocycles. The van der Waals surface area contributed by atoms with Gasteiger partial charge in [-0.2, -0.15) is 0 Å². The normalized spacial score (nSPS) is 23.7. The molecule has 11 nitrogen and oxygen atoms in total. The zero-order valence-corrected chi connectivity index (χ0v) is 12.5. The van der Waals surface area contributed by atoms with Gasteiger partial charge in [0.15, 0.2) is 5.79 Å². The van der Waals surface area contributed by atoms with Crippen molar-refractivity contribution >= 4 is 18.5 Å². The maximum absolute atomic E-state index is 10.7. The molecule has 0 radical (unpaired) electrons. The summed E-state index contributed by atoms with van der Waals surface area (Å²) in [5.74, 6) is -1.05. The van der Waals surface area contributed by atoms with Crippen LogP contribution in [0.5, 0.6) is 0 Å². The Bertz CT molecular complexity index is 460. The highest BCUT2D eigenvalue weighted by Crippen LogP contribution is 2.35. The largest absolute Gasteiger partial charge is 0.506 e. The lowest BCUT2D eigenvalue weighted by molar-refractivity contribution is -0.178. The summed E-state index contributed by atoms with van der Waals surface area (Å²) in [6, 6.07) is 0. The van der Waals surface area contributed by atoms with E-state index >= 15 is 0 Å². The van der Waals surface area contributed by atoms with E-state index < -0.39 is 49.2 Å². The van der Waals surface area contributed by atoms with Crippen molar-refractivity contribution in [2.45, 2.75) is 37.8 Å². The van der Waals surface area contributed by atoms with Crippen molar-refractivity contribution < 1.29 is 53.4 Å². The SMILES string of the molecule is CC1(C)OCC(COC(=O)O)(CC(COC(=O)O)OC(=O)O)O1. The lowest BCUT2D eigenvalue weighted by atomic mass is 9.98. The van der Waals surface area contributed by atoms with Crippen molar-refractivity contribution in [1.29, 1.82) is 0 Å². The average Bonchev–Trinajstić information content (AvgIpc) is 2.69. The molecule has 1 rings (SSSR count). The van der Waals surface area contributed by atoms with E-state index in [2.05, 4.69) is 14.2 Å². The van der Waals surface area contributed by atoms with Gasteiger partial charge in [0.25, 0.3) is 0 Å². The van der Waals surface area contributed by atoms with Gasteiger partial charge in [-0.15, -0.1) is 0 Å². The van der Waals surface area contributed by atoms with Crippen molar-refractivity contribution in [3.63, 3.8) is 0 Å². The Balaban J connectivity index is 2.84. The highest BCUT2D eigenvalue weighted by molar-refractivity contribution is 5.58. The third-order valence-electron chi connectivity index (χ3n) is 2.86. The van der Waals surface area contributed by atoms with Gasteiger partial charge in [-0.05, 0) is 13.8 Å². The number of carbonyl (C=O) groups is 3. The molecule has 3 N–H and O–H groups in total. The Morgan fingerprint density at radius 1 is 1.09 bits per heavy atom. The number of hydrogen-bond acceptors (Lipinski definition) is 8. The molecule has 0 bridgehead atoms. The van der Waals surface area contributed by atoms with Gasteiger partial charge < -0.3 is 39.0 Å². The van der Waals surface area contributed by atoms with Gasteiger partial charge in [0, 0.05) is 6.42 Å². The van der Waals surface area contributed by atoms with Crippen LogP contribution in [-0.2, 0) is 23.7 Å². The Hall–Kier alpha value is -2.27. The van der Waals surface area contributed by atoms with E-state index in [-0.39, 0.29) is 13.0 Å². The van der Waals surface area contributed by atoms with Crippen LogP contribution in [0, 0.1) is 0 Å². The van der Waals surface area contributed by atoms with Crippen LogP contribution < -0.4 is 0 Å². The molecule has 0 amide bonds. The fourth-order valence-corrected chi connectivity index (χ4v) is 2.17. The van der Waals surface area contributed by atoms with Crippen molar-refractivity contribution in [3.8, 4) is 0 Å². The first-order valence-electron chi connectivity index (χ1n) is 6.49. The van der Waals surface area contributed by atoms with E-state index in [1.165, 1.54) is 0 Å². The summed E-state index contributed by atoms with van der Waals surface area (Å²) in [5, 5.41) is 25.8. The van der Waals surface area contributed by atoms with Crippen molar-refractivity contribution in [1.82, 2.24) is 0 Å². The third-order valence-corrected chi connectivity index (χ3v) is 2.86. The lowest BCUT2D eigenvalue weighted by Gasteiger charge is -2.30. The van der Waals surface area contributed by atoms with Gasteiger partial charge in [0.1, 0.15) is 24.9 Å². The number of carboxylic acid groups (broad SMARTS) is 3. The summed E-state index contributed by atoms with van der Waals surface area (Å²) in [4.78, 5) is 31.7. The molecule has 2 unspecified atom stereocenters. The first-order valence-corrected chi connectivity index (χ1v) is 6.49. The molecule has 0 aliphatic carbocycles. The van der Waals surface area contributed by atoms with Crippen LogP contribution in [0.15, 0.2) is 0 Å². The van der Waals surface area contributed by atoms with E-state index in [9.17, 15) is 14.4 Å². The predicted molar refractivity (Wildman–Crippen MR) is 69.3 cm³/mol. The summed E-state index contributed by atoms with van der Waals surface area (Å²) in [5.41, 5.74) is -1.33. The first-order chi connectivity index (χ1) is 10.5. The molecule has 0 aromatic rings. The summed E-state index contributed by atoms with van der Waals surface area (Å²) in [7, 11) is 0. The second-order valence-electron chi connectivity index (χ2n) is 5.31. The van der Waals surface area contributed by atoms with E-state index in [0.29, 0.717) is 0 Å². The molecule has 0 aromatic heterocycles. The van der Waals surface area contributed by atoms with Crippen LogP contribution in [-0.4, -0.2) is 71.1 Å². The molecule has 1 aliphatic rings. The number of hydrogen-bond donors (Lipinski definition) is 3. The minimum Gasteiger partial charge on any atom is -0.450 e. The summed E-state index contributed by atoms with van der Waals surface area (Å²) in [6.45, 7) is 2.03. The number of rotatable bonds is 7. The topological polar surface area (TPSA) is 158 Å². The van der Waals surface area contributed by atoms with Gasteiger partial charge >= 0.3 is 18.5 Å². The average molecular weight is 338 g/mol. The van der Waals surface area contributed by atoms with Crippen molar-refractivity contribution in [3.05, 3.63) is 0 Å². The molecular formula is C12H18O11. The minimum atomic E-state index is -1.64. The van der Waals surface area contributed by atoms with Crippen LogP contribution in [0.25, 0.3) is 0 Å². The molecule has 23 heavy (non-hydrogen) atoms. The molecule has 1 saturated heterocycles. The van der Waals surface area contributed by atoms with Crippen LogP contribution in [0.3, 0.4) is 0 Å². The molecule has 0 saturated carbocycles. The van der Waals surface area contributed by atoms with Crippen molar-refractivity contribution in [2.75, 3.05) is 19.8 Å². The molecule has 2 atom stereocenters. The van der Waals surface area contributed by atoms with Crippen LogP contribution in [0.1, 0.15) is 20.3 Å². The fraction of sp³-hybridized carbons (Fsp3) is 0.750. The maximum Gasteiger partial charge on any atom is 0.506 e. The second kappa shape index (κ2) is 7.33. The molecule has 0 spiro atoms. The monoisotopic (exact) mass is 338 g/mol. The third kappa shape index (κ3) is 6.57. The van der Waals surface area contributed by atoms with E-state index in [0.717, 1.165) is 0 Å². The van der Waals surface area contributed by atoms with Gasteiger partial charge in [0.05, 0.1) is 6.61 Å². The Morgan fingerprint density at radius 3 is 2.13 bits per heavy atom. The smallest absolute Gasteiger partial charge is 0.450 e. The molecule has 1 fully saturated rings. The molecular weight excluding hydrogens is 320 g/mol. The zero-order valence-electron chi connectivity index (χ0n) is 12.5. The van der Waals surface area contributed by atoms with E-state index in [1.807, 2.05) is 0 Å². The molecule has 0 aromatic carbocycles. The lowest BCUT2D eigenvalue weighted by Crippen LogP contribution is -2.45. The van der Waals surface area contributed by atoms with Crippen LogP contribution in [0.2, 0.25) is 0 Å². The zero-order chi connectivity index (χ0) is 17.7. The maximum atomic E-state index is 10.7. The van der Waals surface area contributed by atoms with E-state index in [1.54, 1.807) is 13.8 Å². The van der Waals surface area contributed by atoms with Crippen LogP contribution >= 0.6 is 0 Å². The second-order valence-corrected chi connectivity index (χ2v) is 5.31. The van der Waals surface area contributed by atoms with Gasteiger partial charge in [-0.1, -0.05) is 0 Å². The fourth-order valence-electron chi connectivity index (χ4n) is 2.17. The Labute approximate surface area is 130 Å². The summed E-state index contributed by atoms with van der Waals surface area (Å²) < 4.78 is 24.4. The molecule has 11 heteroatoms. The minimum absolute atomic E-state index is 0.0974. The van der Waals surface area contributed by atoms with E-state index in [4.69, 9.17) is 24.8 Å². The highest BCUT2D eigenvalue weighted by Gasteiger charge is 2.48. The number of ether oxygens (including phenoxy) is 5. The standard InChI is InChI=1S/C12H18O11/c1-11(2)21-6-12(23-11,5-20-9(15)16)3-7(22-10(17)18)4-19-8(13)14/h7H,3-6H2,1-2H3,(H,13,14)(H,15,16)(H,17,18). The van der Waals surface area contributed by atoms with Gasteiger partial charge in [-0.25, -0.2) is 14.4 Å². The summed E-state index contributed by atoms with van der Waals surface area (Å²) in [6.07, 6.45) is -6.24. The highest BCUT2D eigenvalue weighted by atomic mass is 16.8. The van der Waals surface area contributed by atoms with Gasteiger partial charge in [-0.3, -0.25) is 0 Å². The quantitative estimate of drug-likeness (QED) is 0.454.